The van der Waals surface area contributed by atoms with Gasteiger partial charge in [-0.2, -0.15) is 0 Å². The molecule has 0 aliphatic carbocycles. The van der Waals surface area contributed by atoms with Crippen LogP contribution in [-0.4, -0.2) is 28.9 Å². The standard InChI is InChI=1S/C12H19NO3/c1-9(14)7-10-5-6-13(8-10)11(15)16-12(2,3)4/h5-6,10H,7-8H2,1-4H3. The number of nitrogens with zero attached hydrogens (tertiary/aromatic N) is 1. The van der Waals surface area contributed by atoms with Crippen molar-refractivity contribution in [3.8, 4) is 0 Å². The number of hydrogen-bond donors (Lipinski definition) is 0. The highest BCUT2D eigenvalue weighted by Gasteiger charge is 2.26. The van der Waals surface area contributed by atoms with Crippen molar-refractivity contribution in [1.29, 1.82) is 0 Å². The highest BCUT2D eigenvalue weighted by Crippen LogP contribution is 2.19. The molecule has 0 bridgehead atoms. The van der Waals surface area contributed by atoms with Crippen LogP contribution in [0.25, 0.3) is 0 Å². The predicted octanol–water partition coefficient (Wildman–Crippen LogP) is 2.35. The van der Waals surface area contributed by atoms with Gasteiger partial charge in [-0.25, -0.2) is 4.79 Å². The topological polar surface area (TPSA) is 46.6 Å². The summed E-state index contributed by atoms with van der Waals surface area (Å²) >= 11 is 0. The summed E-state index contributed by atoms with van der Waals surface area (Å²) in [5.74, 6) is 0.269. The largest absolute Gasteiger partial charge is 0.443 e. The lowest BCUT2D eigenvalue weighted by molar-refractivity contribution is -0.117. The van der Waals surface area contributed by atoms with E-state index in [0.29, 0.717) is 13.0 Å². The summed E-state index contributed by atoms with van der Waals surface area (Å²) in [6.45, 7) is 7.59. The Morgan fingerprint density at radius 2 is 2.06 bits per heavy atom. The van der Waals surface area contributed by atoms with Crippen molar-refractivity contribution < 1.29 is 14.3 Å². The molecule has 1 amide bonds. The Bertz CT molecular complexity index is 315. The van der Waals surface area contributed by atoms with E-state index in [1.165, 1.54) is 4.90 Å². The average molecular weight is 225 g/mol. The fraction of sp³-hybridized carbons (Fsp3) is 0.667. The monoisotopic (exact) mass is 225 g/mol. The Labute approximate surface area is 96.3 Å². The van der Waals surface area contributed by atoms with Gasteiger partial charge in [0.15, 0.2) is 0 Å². The summed E-state index contributed by atoms with van der Waals surface area (Å²) in [6.07, 6.45) is 3.71. The number of hydrogen-bond acceptors (Lipinski definition) is 3. The van der Waals surface area contributed by atoms with Gasteiger partial charge in [-0.15, -0.1) is 0 Å². The number of carbonyl (C=O) groups is 2. The first kappa shape index (κ1) is 12.7. The molecule has 0 aromatic heterocycles. The first-order chi connectivity index (χ1) is 7.28. The van der Waals surface area contributed by atoms with Gasteiger partial charge in [0.05, 0.1) is 0 Å². The summed E-state index contributed by atoms with van der Waals surface area (Å²) in [6, 6.07) is 0. The van der Waals surface area contributed by atoms with E-state index < -0.39 is 5.60 Å². The second-order valence-electron chi connectivity index (χ2n) is 5.14. The molecule has 1 rings (SSSR count). The number of carbonyl (C=O) groups excluding carboxylic acids is 2. The Kier molecular flexibility index (Phi) is 3.73. The third-order valence-corrected chi connectivity index (χ3v) is 2.15. The molecule has 1 aliphatic rings. The minimum absolute atomic E-state index is 0.130. The maximum absolute atomic E-state index is 11.7. The van der Waals surface area contributed by atoms with E-state index in [9.17, 15) is 9.59 Å². The van der Waals surface area contributed by atoms with E-state index in [-0.39, 0.29) is 17.8 Å². The number of amides is 1. The van der Waals surface area contributed by atoms with Gasteiger partial charge in [0.1, 0.15) is 11.4 Å². The lowest BCUT2D eigenvalue weighted by Gasteiger charge is -2.23. The molecule has 1 aliphatic heterocycles. The Hall–Kier alpha value is -1.32. The number of rotatable bonds is 2. The van der Waals surface area contributed by atoms with Crippen LogP contribution in [0, 0.1) is 5.92 Å². The molecule has 0 fully saturated rings. The van der Waals surface area contributed by atoms with Gasteiger partial charge < -0.3 is 9.53 Å². The molecule has 90 valence electrons. The van der Waals surface area contributed by atoms with E-state index in [4.69, 9.17) is 4.74 Å². The normalized spacial score (nSPS) is 20.0. The van der Waals surface area contributed by atoms with E-state index in [2.05, 4.69) is 0 Å². The molecular formula is C12H19NO3. The van der Waals surface area contributed by atoms with Crippen molar-refractivity contribution in [2.45, 2.75) is 39.7 Å². The minimum atomic E-state index is -0.483. The van der Waals surface area contributed by atoms with Gasteiger partial charge >= 0.3 is 6.09 Å². The average Bonchev–Trinajstić information content (AvgIpc) is 2.48. The molecule has 0 N–H and O–H groups in total. The van der Waals surface area contributed by atoms with Crippen LogP contribution in [-0.2, 0) is 9.53 Å². The van der Waals surface area contributed by atoms with E-state index in [1.54, 1.807) is 13.1 Å². The van der Waals surface area contributed by atoms with Gasteiger partial charge in [-0.1, -0.05) is 6.08 Å². The van der Waals surface area contributed by atoms with Crippen molar-refractivity contribution in [3.05, 3.63) is 12.3 Å². The highest BCUT2D eigenvalue weighted by atomic mass is 16.6. The lowest BCUT2D eigenvalue weighted by atomic mass is 10.1. The molecule has 0 saturated carbocycles. The van der Waals surface area contributed by atoms with Crippen molar-refractivity contribution in [3.63, 3.8) is 0 Å². The van der Waals surface area contributed by atoms with Crippen LogP contribution in [0.2, 0.25) is 0 Å². The Morgan fingerprint density at radius 3 is 2.56 bits per heavy atom. The number of Topliss-reactive ketones (excluding diaryl/α,β-unsaturated/α-hetero) is 1. The molecule has 4 nitrogen and oxygen atoms in total. The first-order valence-electron chi connectivity index (χ1n) is 5.45. The smallest absolute Gasteiger partial charge is 0.414 e. The lowest BCUT2D eigenvalue weighted by Crippen LogP contribution is -2.33. The minimum Gasteiger partial charge on any atom is -0.443 e. The van der Waals surface area contributed by atoms with E-state index in [1.807, 2.05) is 26.8 Å². The SMILES string of the molecule is CC(=O)CC1C=CN(C(=O)OC(C)(C)C)C1. The van der Waals surface area contributed by atoms with Gasteiger partial charge in [0.25, 0.3) is 0 Å². The van der Waals surface area contributed by atoms with Crippen LogP contribution in [0.4, 0.5) is 4.79 Å². The predicted molar refractivity (Wildman–Crippen MR) is 60.9 cm³/mol. The second kappa shape index (κ2) is 4.68. The molecule has 1 unspecified atom stereocenters. The van der Waals surface area contributed by atoms with Crippen LogP contribution in [0.5, 0.6) is 0 Å². The number of ketones is 1. The van der Waals surface area contributed by atoms with Gasteiger partial charge in [0, 0.05) is 25.1 Å². The summed E-state index contributed by atoms with van der Waals surface area (Å²) in [7, 11) is 0. The maximum atomic E-state index is 11.7. The van der Waals surface area contributed by atoms with E-state index in [0.717, 1.165) is 0 Å². The second-order valence-corrected chi connectivity index (χ2v) is 5.14. The van der Waals surface area contributed by atoms with Crippen molar-refractivity contribution in [2.75, 3.05) is 6.54 Å². The number of ether oxygens (including phenoxy) is 1. The molecule has 0 saturated heterocycles. The zero-order valence-electron chi connectivity index (χ0n) is 10.3. The van der Waals surface area contributed by atoms with Crippen LogP contribution >= 0.6 is 0 Å². The molecular weight excluding hydrogens is 206 g/mol. The van der Waals surface area contributed by atoms with Crippen LogP contribution < -0.4 is 0 Å². The zero-order valence-corrected chi connectivity index (χ0v) is 10.3. The van der Waals surface area contributed by atoms with Gasteiger partial charge in [-0.3, -0.25) is 4.90 Å². The highest BCUT2D eigenvalue weighted by molar-refractivity contribution is 5.76. The van der Waals surface area contributed by atoms with E-state index >= 15 is 0 Å². The molecule has 1 atom stereocenters. The molecule has 0 radical (unpaired) electrons. The fourth-order valence-corrected chi connectivity index (χ4v) is 1.56. The third kappa shape index (κ3) is 4.04. The van der Waals surface area contributed by atoms with Gasteiger partial charge in [-0.05, 0) is 27.7 Å². The molecule has 1 heterocycles. The molecule has 0 spiro atoms. The third-order valence-electron chi connectivity index (χ3n) is 2.15. The van der Waals surface area contributed by atoms with Crippen LogP contribution in [0.3, 0.4) is 0 Å². The van der Waals surface area contributed by atoms with Crippen molar-refractivity contribution in [1.82, 2.24) is 4.90 Å². The Balaban J connectivity index is 2.45. The fourth-order valence-electron chi connectivity index (χ4n) is 1.56. The quantitative estimate of drug-likeness (QED) is 0.724. The summed E-state index contributed by atoms with van der Waals surface area (Å²) in [5, 5.41) is 0. The van der Waals surface area contributed by atoms with Crippen LogP contribution in [0.15, 0.2) is 12.3 Å². The van der Waals surface area contributed by atoms with Crippen molar-refractivity contribution >= 4 is 11.9 Å². The first-order valence-corrected chi connectivity index (χ1v) is 5.45. The van der Waals surface area contributed by atoms with Crippen molar-refractivity contribution in [2.24, 2.45) is 5.92 Å². The summed E-state index contributed by atoms with van der Waals surface area (Å²) in [4.78, 5) is 24.1. The maximum Gasteiger partial charge on any atom is 0.414 e. The molecule has 0 aromatic rings. The molecule has 0 aromatic carbocycles. The summed E-state index contributed by atoms with van der Waals surface area (Å²) in [5.41, 5.74) is -0.483. The Morgan fingerprint density at radius 1 is 1.44 bits per heavy atom. The van der Waals surface area contributed by atoms with Crippen LogP contribution in [0.1, 0.15) is 34.1 Å². The zero-order chi connectivity index (χ0) is 12.3. The molecule has 4 heteroatoms. The molecule has 16 heavy (non-hydrogen) atoms. The van der Waals surface area contributed by atoms with Gasteiger partial charge in [0.2, 0.25) is 0 Å². The summed E-state index contributed by atoms with van der Waals surface area (Å²) < 4.78 is 5.23.